The summed E-state index contributed by atoms with van der Waals surface area (Å²) in [7, 11) is 3.38. The molecule has 1 aromatic heterocycles. The van der Waals surface area contributed by atoms with E-state index in [1.54, 1.807) is 14.1 Å². The highest BCUT2D eigenvalue weighted by Crippen LogP contribution is 2.08. The Morgan fingerprint density at radius 3 is 2.82 bits per heavy atom. The first-order valence-corrected chi connectivity index (χ1v) is 5.52. The van der Waals surface area contributed by atoms with Crippen LogP contribution in [0.25, 0.3) is 0 Å². The Morgan fingerprint density at radius 1 is 1.59 bits per heavy atom. The molecule has 0 atom stereocenters. The molecule has 2 N–H and O–H groups in total. The third-order valence-corrected chi connectivity index (χ3v) is 2.61. The second-order valence-corrected chi connectivity index (χ2v) is 4.20. The van der Waals surface area contributed by atoms with Gasteiger partial charge in [-0.2, -0.15) is 0 Å². The number of halogens is 1. The number of aryl methyl sites for hydroxylation is 1. The number of amides is 1. The molecule has 1 amide bonds. The van der Waals surface area contributed by atoms with Crippen molar-refractivity contribution in [2.24, 2.45) is 0 Å². The topological polar surface area (TPSA) is 81.2 Å². The van der Waals surface area contributed by atoms with Crippen LogP contribution in [-0.2, 0) is 11.3 Å². The van der Waals surface area contributed by atoms with Gasteiger partial charge in [0.2, 0.25) is 5.91 Å². The maximum atomic E-state index is 11.6. The van der Waals surface area contributed by atoms with Crippen LogP contribution in [0.3, 0.4) is 0 Å². The van der Waals surface area contributed by atoms with E-state index in [1.165, 1.54) is 15.8 Å². The van der Waals surface area contributed by atoms with Crippen LogP contribution in [0, 0.1) is 0 Å². The highest BCUT2D eigenvalue weighted by molar-refractivity contribution is 6.31. The molecule has 6 nitrogen and oxygen atoms in total. The lowest BCUT2D eigenvalue weighted by molar-refractivity contribution is -0.128. The Labute approximate surface area is 104 Å². The van der Waals surface area contributed by atoms with E-state index in [9.17, 15) is 9.59 Å². The van der Waals surface area contributed by atoms with E-state index in [4.69, 9.17) is 17.3 Å². The van der Waals surface area contributed by atoms with Crippen LogP contribution in [-0.4, -0.2) is 34.5 Å². The minimum atomic E-state index is -0.373. The predicted molar refractivity (Wildman–Crippen MR) is 65.8 cm³/mol. The number of rotatable bonds is 4. The fourth-order valence-electron chi connectivity index (χ4n) is 1.27. The van der Waals surface area contributed by atoms with Crippen molar-refractivity contribution in [3.63, 3.8) is 0 Å². The quantitative estimate of drug-likeness (QED) is 0.790. The molecule has 0 aliphatic carbocycles. The monoisotopic (exact) mass is 258 g/mol. The molecule has 0 radical (unpaired) electrons. The molecule has 17 heavy (non-hydrogen) atoms. The number of hydrogen-bond donors (Lipinski definition) is 1. The lowest BCUT2D eigenvalue weighted by Gasteiger charge is -2.10. The van der Waals surface area contributed by atoms with Crippen molar-refractivity contribution in [3.8, 4) is 0 Å². The fraction of sp³-hybridized carbons (Fsp3) is 0.500. The third-order valence-electron chi connectivity index (χ3n) is 2.31. The first kappa shape index (κ1) is 13.5. The van der Waals surface area contributed by atoms with Crippen molar-refractivity contribution in [2.75, 3.05) is 19.8 Å². The zero-order valence-corrected chi connectivity index (χ0v) is 10.6. The molecule has 0 spiro atoms. The fourth-order valence-corrected chi connectivity index (χ4v) is 1.39. The second kappa shape index (κ2) is 5.67. The highest BCUT2D eigenvalue weighted by Gasteiger charge is 2.07. The van der Waals surface area contributed by atoms with Crippen molar-refractivity contribution in [1.29, 1.82) is 0 Å². The summed E-state index contributed by atoms with van der Waals surface area (Å²) >= 11 is 5.60. The van der Waals surface area contributed by atoms with Gasteiger partial charge < -0.3 is 10.6 Å². The van der Waals surface area contributed by atoms with Gasteiger partial charge in [-0.05, 0) is 6.42 Å². The van der Waals surface area contributed by atoms with Gasteiger partial charge in [0, 0.05) is 27.1 Å². The number of hydrogen-bond acceptors (Lipinski definition) is 4. The molecule has 0 saturated carbocycles. The van der Waals surface area contributed by atoms with Crippen LogP contribution in [0.15, 0.2) is 11.1 Å². The zero-order chi connectivity index (χ0) is 13.0. The molecule has 1 heterocycles. The number of anilines is 1. The molecular weight excluding hydrogens is 244 g/mol. The zero-order valence-electron chi connectivity index (χ0n) is 9.81. The lowest BCUT2D eigenvalue weighted by atomic mass is 10.3. The molecule has 7 heteroatoms. The standard InChI is InChI=1S/C10H15ClN4O2/c1-14(2)7(16)4-3-5-15-6-13-9(11)8(12)10(15)17/h6H,3-5,12H2,1-2H3. The molecule has 0 fully saturated rings. The van der Waals surface area contributed by atoms with E-state index in [0.29, 0.717) is 19.4 Å². The molecule has 0 saturated heterocycles. The molecule has 1 rings (SSSR count). The molecule has 1 aromatic rings. The number of nitrogens with zero attached hydrogens (tertiary/aromatic N) is 3. The van der Waals surface area contributed by atoms with Crippen LogP contribution in [0.2, 0.25) is 5.15 Å². The Morgan fingerprint density at radius 2 is 2.24 bits per heavy atom. The van der Waals surface area contributed by atoms with Crippen LogP contribution >= 0.6 is 11.6 Å². The molecule has 0 aliphatic heterocycles. The van der Waals surface area contributed by atoms with Gasteiger partial charge in [0.25, 0.3) is 5.56 Å². The number of nitrogens with two attached hydrogens (primary N) is 1. The Balaban J connectivity index is 2.62. The van der Waals surface area contributed by atoms with Crippen LogP contribution < -0.4 is 11.3 Å². The van der Waals surface area contributed by atoms with E-state index < -0.39 is 0 Å². The van der Waals surface area contributed by atoms with Gasteiger partial charge in [0.1, 0.15) is 5.69 Å². The molecule has 0 bridgehead atoms. The first-order valence-electron chi connectivity index (χ1n) is 5.14. The van der Waals surface area contributed by atoms with Gasteiger partial charge in [-0.15, -0.1) is 0 Å². The lowest BCUT2D eigenvalue weighted by Crippen LogP contribution is -2.25. The van der Waals surface area contributed by atoms with Crippen LogP contribution in [0.1, 0.15) is 12.8 Å². The third kappa shape index (κ3) is 3.45. The summed E-state index contributed by atoms with van der Waals surface area (Å²) in [5.74, 6) is 0.0212. The van der Waals surface area contributed by atoms with Crippen molar-refractivity contribution in [1.82, 2.24) is 14.5 Å². The minimum Gasteiger partial charge on any atom is -0.392 e. The van der Waals surface area contributed by atoms with E-state index >= 15 is 0 Å². The molecule has 94 valence electrons. The van der Waals surface area contributed by atoms with Crippen LogP contribution in [0.5, 0.6) is 0 Å². The van der Waals surface area contributed by atoms with E-state index in [2.05, 4.69) is 4.98 Å². The summed E-state index contributed by atoms with van der Waals surface area (Å²) in [5, 5.41) is 0.00983. The van der Waals surface area contributed by atoms with Crippen LogP contribution in [0.4, 0.5) is 5.69 Å². The minimum absolute atomic E-state index is 0.00983. The SMILES string of the molecule is CN(C)C(=O)CCCn1cnc(Cl)c(N)c1=O. The number of carbonyl (C=O) groups is 1. The Hall–Kier alpha value is -1.56. The Kier molecular flexibility index (Phi) is 4.51. The average molecular weight is 259 g/mol. The molecule has 0 aliphatic rings. The molecule has 0 unspecified atom stereocenters. The summed E-state index contributed by atoms with van der Waals surface area (Å²) < 4.78 is 1.35. The molecule has 0 aromatic carbocycles. The second-order valence-electron chi connectivity index (χ2n) is 3.84. The largest absolute Gasteiger partial charge is 0.392 e. The van der Waals surface area contributed by atoms with Gasteiger partial charge in [0.15, 0.2) is 5.15 Å². The molecular formula is C10H15ClN4O2. The summed E-state index contributed by atoms with van der Waals surface area (Å²) in [4.78, 5) is 28.2. The summed E-state index contributed by atoms with van der Waals surface area (Å²) in [6, 6.07) is 0. The van der Waals surface area contributed by atoms with Crippen molar-refractivity contribution in [3.05, 3.63) is 21.8 Å². The normalized spacial score (nSPS) is 10.3. The van der Waals surface area contributed by atoms with E-state index in [0.717, 1.165) is 0 Å². The van der Waals surface area contributed by atoms with Gasteiger partial charge in [-0.1, -0.05) is 11.6 Å². The number of aromatic nitrogens is 2. The maximum Gasteiger partial charge on any atom is 0.278 e. The van der Waals surface area contributed by atoms with Crippen molar-refractivity contribution < 1.29 is 4.79 Å². The summed E-state index contributed by atoms with van der Waals surface area (Å²) in [6.45, 7) is 0.396. The number of nitrogen functional groups attached to an aromatic ring is 1. The van der Waals surface area contributed by atoms with Gasteiger partial charge in [0.05, 0.1) is 6.33 Å². The predicted octanol–water partition coefficient (Wildman–Crippen LogP) is 0.347. The Bertz CT molecular complexity index is 470. The maximum absolute atomic E-state index is 11.6. The van der Waals surface area contributed by atoms with E-state index in [-0.39, 0.29) is 22.3 Å². The highest BCUT2D eigenvalue weighted by atomic mass is 35.5. The first-order chi connectivity index (χ1) is 7.93. The van der Waals surface area contributed by atoms with Gasteiger partial charge in [-0.25, -0.2) is 4.98 Å². The summed E-state index contributed by atoms with van der Waals surface area (Å²) in [6.07, 6.45) is 2.27. The average Bonchev–Trinajstić information content (AvgIpc) is 2.28. The smallest absolute Gasteiger partial charge is 0.278 e. The number of carbonyl (C=O) groups excluding carboxylic acids is 1. The van der Waals surface area contributed by atoms with Crippen molar-refractivity contribution in [2.45, 2.75) is 19.4 Å². The van der Waals surface area contributed by atoms with Gasteiger partial charge in [-0.3, -0.25) is 14.2 Å². The van der Waals surface area contributed by atoms with E-state index in [1.807, 2.05) is 0 Å². The van der Waals surface area contributed by atoms with Gasteiger partial charge >= 0.3 is 0 Å². The summed E-state index contributed by atoms with van der Waals surface area (Å²) in [5.41, 5.74) is 5.02. The van der Waals surface area contributed by atoms with Crippen molar-refractivity contribution >= 4 is 23.2 Å².